The number of hydrogen-bond acceptors (Lipinski definition) is 5. The van der Waals surface area contributed by atoms with Crippen molar-refractivity contribution in [2.75, 3.05) is 6.54 Å². The van der Waals surface area contributed by atoms with Gasteiger partial charge in [-0.2, -0.15) is 4.31 Å². The summed E-state index contributed by atoms with van der Waals surface area (Å²) in [4.78, 5) is 3.61. The number of nitrogens with two attached hydrogens (primary N) is 1. The lowest BCUT2D eigenvalue weighted by molar-refractivity contribution is 0.315. The second-order valence-electron chi connectivity index (χ2n) is 4.48. The maximum atomic E-state index is 13.6. The van der Waals surface area contributed by atoms with Crippen LogP contribution in [0.15, 0.2) is 28.5 Å². The summed E-state index contributed by atoms with van der Waals surface area (Å²) in [6.07, 6.45) is 2.72. The lowest BCUT2D eigenvalue weighted by atomic mass is 10.4. The molecule has 0 saturated heterocycles. The zero-order valence-electron chi connectivity index (χ0n) is 10.6. The number of hydrogen-bond donors (Lipinski definition) is 2. The van der Waals surface area contributed by atoms with Crippen molar-refractivity contribution in [3.05, 3.63) is 24.1 Å². The normalized spacial score (nSPS) is 16.6. The van der Waals surface area contributed by atoms with E-state index < -0.39 is 20.9 Å². The van der Waals surface area contributed by atoms with Crippen molar-refractivity contribution in [3.8, 4) is 0 Å². The van der Waals surface area contributed by atoms with E-state index in [0.29, 0.717) is 12.8 Å². The number of nitrogens with zero attached hydrogens (tertiary/aromatic N) is 3. The number of aromatic nitrogens is 1. The van der Waals surface area contributed by atoms with Crippen LogP contribution in [0.2, 0.25) is 0 Å². The van der Waals surface area contributed by atoms with Gasteiger partial charge in [-0.15, -0.1) is 0 Å². The maximum Gasteiger partial charge on any atom is 0.263 e. The van der Waals surface area contributed by atoms with E-state index in [0.717, 1.165) is 10.4 Å². The van der Waals surface area contributed by atoms with Crippen LogP contribution in [-0.2, 0) is 10.0 Å². The Morgan fingerprint density at radius 1 is 1.60 bits per heavy atom. The number of sulfonamides is 1. The van der Waals surface area contributed by atoms with E-state index in [1.807, 2.05) is 0 Å². The summed E-state index contributed by atoms with van der Waals surface area (Å²) in [5, 5.41) is 10.7. The monoisotopic (exact) mass is 302 g/mol. The van der Waals surface area contributed by atoms with Crippen molar-refractivity contribution in [3.63, 3.8) is 0 Å². The lowest BCUT2D eigenvalue weighted by Crippen LogP contribution is -2.36. The smallest absolute Gasteiger partial charge is 0.263 e. The second kappa shape index (κ2) is 5.71. The molecule has 1 heterocycles. The largest absolute Gasteiger partial charge is 0.409 e. The highest BCUT2D eigenvalue weighted by Gasteiger charge is 2.39. The molecule has 1 fully saturated rings. The number of amidine groups is 1. The highest BCUT2D eigenvalue weighted by Crippen LogP contribution is 2.32. The average Bonchev–Trinajstić information content (AvgIpc) is 3.23. The van der Waals surface area contributed by atoms with Crippen LogP contribution in [-0.4, -0.2) is 41.3 Å². The van der Waals surface area contributed by atoms with E-state index in [2.05, 4.69) is 10.1 Å². The second-order valence-corrected chi connectivity index (χ2v) is 6.28. The third-order valence-corrected chi connectivity index (χ3v) is 4.84. The first-order valence-corrected chi connectivity index (χ1v) is 7.49. The molecule has 3 N–H and O–H groups in total. The Kier molecular flexibility index (Phi) is 4.19. The van der Waals surface area contributed by atoms with Crippen molar-refractivity contribution in [1.29, 1.82) is 0 Å². The van der Waals surface area contributed by atoms with Crippen LogP contribution in [0.1, 0.15) is 19.3 Å². The summed E-state index contributed by atoms with van der Waals surface area (Å²) >= 11 is 0. The fourth-order valence-electron chi connectivity index (χ4n) is 1.81. The molecule has 20 heavy (non-hydrogen) atoms. The minimum absolute atomic E-state index is 0.0267. The van der Waals surface area contributed by atoms with E-state index in [1.165, 1.54) is 12.3 Å². The molecule has 0 atom stereocenters. The van der Waals surface area contributed by atoms with E-state index >= 15 is 0 Å². The molecule has 0 unspecified atom stereocenters. The number of oxime groups is 1. The van der Waals surface area contributed by atoms with Crippen LogP contribution in [0.25, 0.3) is 0 Å². The minimum Gasteiger partial charge on any atom is -0.409 e. The predicted molar refractivity (Wildman–Crippen MR) is 69.1 cm³/mol. The van der Waals surface area contributed by atoms with Crippen LogP contribution >= 0.6 is 0 Å². The van der Waals surface area contributed by atoms with Gasteiger partial charge in [0, 0.05) is 25.2 Å². The Morgan fingerprint density at radius 2 is 2.30 bits per heavy atom. The van der Waals surface area contributed by atoms with Gasteiger partial charge in [0.25, 0.3) is 10.0 Å². The molecule has 1 aliphatic carbocycles. The molecular formula is C11H15FN4O3S. The molecule has 2 rings (SSSR count). The van der Waals surface area contributed by atoms with Crippen molar-refractivity contribution in [2.24, 2.45) is 10.9 Å². The summed E-state index contributed by atoms with van der Waals surface area (Å²) in [5.74, 6) is -0.964. The third-order valence-electron chi connectivity index (χ3n) is 2.95. The van der Waals surface area contributed by atoms with Crippen molar-refractivity contribution >= 4 is 15.9 Å². The van der Waals surface area contributed by atoms with Crippen LogP contribution < -0.4 is 5.73 Å². The van der Waals surface area contributed by atoms with Gasteiger partial charge in [0.15, 0.2) is 5.82 Å². The first-order chi connectivity index (χ1) is 9.46. The molecule has 7 nitrogen and oxygen atoms in total. The zero-order chi connectivity index (χ0) is 14.8. The van der Waals surface area contributed by atoms with Gasteiger partial charge in [0.2, 0.25) is 5.03 Å². The quantitative estimate of drug-likeness (QED) is 0.344. The summed E-state index contributed by atoms with van der Waals surface area (Å²) in [5.41, 5.74) is 5.34. The molecule has 1 aromatic rings. The van der Waals surface area contributed by atoms with E-state index in [-0.39, 0.29) is 24.8 Å². The summed E-state index contributed by atoms with van der Waals surface area (Å²) in [6.45, 7) is 0.0267. The van der Waals surface area contributed by atoms with Gasteiger partial charge < -0.3 is 10.9 Å². The Bertz CT molecular complexity index is 616. The highest BCUT2D eigenvalue weighted by atomic mass is 32.2. The molecule has 0 bridgehead atoms. The average molecular weight is 302 g/mol. The first kappa shape index (κ1) is 14.7. The van der Waals surface area contributed by atoms with Crippen LogP contribution in [0, 0.1) is 5.82 Å². The van der Waals surface area contributed by atoms with Gasteiger partial charge in [-0.25, -0.2) is 17.8 Å². The van der Waals surface area contributed by atoms with Gasteiger partial charge in [-0.05, 0) is 25.0 Å². The maximum absolute atomic E-state index is 13.6. The van der Waals surface area contributed by atoms with Gasteiger partial charge >= 0.3 is 0 Å². The lowest BCUT2D eigenvalue weighted by Gasteiger charge is -2.21. The number of halogens is 1. The fraction of sp³-hybridized carbons (Fsp3) is 0.455. The molecule has 0 amide bonds. The van der Waals surface area contributed by atoms with Crippen LogP contribution in [0.4, 0.5) is 4.39 Å². The molecule has 0 radical (unpaired) electrons. The Hall–Kier alpha value is -1.74. The predicted octanol–water partition coefficient (Wildman–Crippen LogP) is 0.510. The first-order valence-electron chi connectivity index (χ1n) is 6.05. The summed E-state index contributed by atoms with van der Waals surface area (Å²) < 4.78 is 39.6. The molecule has 0 aromatic carbocycles. The van der Waals surface area contributed by atoms with Crippen molar-refractivity contribution in [2.45, 2.75) is 30.3 Å². The van der Waals surface area contributed by atoms with Crippen LogP contribution in [0.5, 0.6) is 0 Å². The minimum atomic E-state index is -4.02. The van der Waals surface area contributed by atoms with Gasteiger partial charge in [-0.1, -0.05) is 5.16 Å². The fourth-order valence-corrected chi connectivity index (χ4v) is 3.47. The molecule has 1 aliphatic rings. The summed E-state index contributed by atoms with van der Waals surface area (Å²) in [7, 11) is -4.02. The number of rotatable bonds is 6. The topological polar surface area (TPSA) is 109 Å². The standard InChI is InChI=1S/C11H15FN4O3S/c12-9-2-1-6-14-11(9)20(18,19)16(8-3-4-8)7-5-10(13)15-17/h1-2,6,8,17H,3-5,7H2,(H2,13,15). The Morgan fingerprint density at radius 3 is 2.85 bits per heavy atom. The van der Waals surface area contributed by atoms with Crippen LogP contribution in [0.3, 0.4) is 0 Å². The van der Waals surface area contributed by atoms with Crippen molar-refractivity contribution in [1.82, 2.24) is 9.29 Å². The van der Waals surface area contributed by atoms with Gasteiger partial charge in [0.05, 0.1) is 0 Å². The molecule has 9 heteroatoms. The van der Waals surface area contributed by atoms with E-state index in [1.54, 1.807) is 0 Å². The molecule has 0 spiro atoms. The zero-order valence-corrected chi connectivity index (χ0v) is 11.4. The SMILES string of the molecule is N/C(CCN(C1CC1)S(=O)(=O)c1ncccc1F)=N/O. The molecule has 110 valence electrons. The molecule has 1 saturated carbocycles. The summed E-state index contributed by atoms with van der Waals surface area (Å²) in [6, 6.07) is 2.20. The highest BCUT2D eigenvalue weighted by molar-refractivity contribution is 7.89. The third kappa shape index (κ3) is 3.05. The Balaban J connectivity index is 2.26. The van der Waals surface area contributed by atoms with Gasteiger partial charge in [0.1, 0.15) is 5.84 Å². The van der Waals surface area contributed by atoms with Gasteiger partial charge in [-0.3, -0.25) is 0 Å². The van der Waals surface area contributed by atoms with E-state index in [9.17, 15) is 12.8 Å². The van der Waals surface area contributed by atoms with Crippen molar-refractivity contribution < 1.29 is 18.0 Å². The number of pyridine rings is 1. The molecule has 0 aliphatic heterocycles. The van der Waals surface area contributed by atoms with E-state index in [4.69, 9.17) is 10.9 Å². The molecular weight excluding hydrogens is 287 g/mol. The Labute approximate surface area is 116 Å². The molecule has 1 aromatic heterocycles.